The fraction of sp³-hybridized carbons (Fsp3) is 0.571. The standard InChI is InChI=1S/C14H22N2O/c1-3-14(9-6-10-14)16-11-7-5-8-12(13(11)15)17-4-2/h5,7-8,16H,3-4,6,9-10,15H2,1-2H3. The van der Waals surface area contributed by atoms with E-state index in [0.29, 0.717) is 6.61 Å². The molecule has 0 atom stereocenters. The second-order valence-electron chi connectivity index (χ2n) is 4.76. The van der Waals surface area contributed by atoms with Crippen LogP contribution in [0.2, 0.25) is 0 Å². The molecule has 0 amide bonds. The van der Waals surface area contributed by atoms with Crippen molar-refractivity contribution in [2.45, 2.75) is 45.1 Å². The highest BCUT2D eigenvalue weighted by Crippen LogP contribution is 2.40. The molecule has 3 heteroatoms. The van der Waals surface area contributed by atoms with E-state index >= 15 is 0 Å². The Morgan fingerprint density at radius 1 is 1.35 bits per heavy atom. The van der Waals surface area contributed by atoms with Gasteiger partial charge in [-0.25, -0.2) is 0 Å². The van der Waals surface area contributed by atoms with E-state index in [1.54, 1.807) is 0 Å². The van der Waals surface area contributed by atoms with Gasteiger partial charge in [0.2, 0.25) is 0 Å². The van der Waals surface area contributed by atoms with Gasteiger partial charge in [-0.15, -0.1) is 0 Å². The molecule has 1 aromatic carbocycles. The summed E-state index contributed by atoms with van der Waals surface area (Å²) in [6.45, 7) is 4.85. The minimum absolute atomic E-state index is 0.263. The molecule has 0 spiro atoms. The number of benzene rings is 1. The normalized spacial score (nSPS) is 17.3. The molecule has 1 aliphatic rings. The molecule has 0 aromatic heterocycles. The highest BCUT2D eigenvalue weighted by molar-refractivity contribution is 5.73. The summed E-state index contributed by atoms with van der Waals surface area (Å²) in [5.41, 5.74) is 8.13. The van der Waals surface area contributed by atoms with E-state index in [2.05, 4.69) is 12.2 Å². The number of anilines is 2. The first-order chi connectivity index (χ1) is 8.21. The van der Waals surface area contributed by atoms with Crippen LogP contribution < -0.4 is 15.8 Å². The molecule has 94 valence electrons. The molecule has 0 saturated heterocycles. The smallest absolute Gasteiger partial charge is 0.144 e. The van der Waals surface area contributed by atoms with Crippen molar-refractivity contribution in [3.63, 3.8) is 0 Å². The monoisotopic (exact) mass is 234 g/mol. The maximum atomic E-state index is 6.12. The van der Waals surface area contributed by atoms with E-state index < -0.39 is 0 Å². The first kappa shape index (κ1) is 12.1. The van der Waals surface area contributed by atoms with Gasteiger partial charge in [-0.3, -0.25) is 0 Å². The molecule has 0 heterocycles. The number of nitrogens with one attached hydrogen (secondary N) is 1. The van der Waals surface area contributed by atoms with Crippen molar-refractivity contribution in [2.24, 2.45) is 0 Å². The second-order valence-corrected chi connectivity index (χ2v) is 4.76. The first-order valence-electron chi connectivity index (χ1n) is 6.50. The maximum Gasteiger partial charge on any atom is 0.144 e. The highest BCUT2D eigenvalue weighted by Gasteiger charge is 2.35. The molecule has 0 radical (unpaired) electrons. The van der Waals surface area contributed by atoms with Crippen LogP contribution in [-0.2, 0) is 0 Å². The summed E-state index contributed by atoms with van der Waals surface area (Å²) in [4.78, 5) is 0. The van der Waals surface area contributed by atoms with Crippen LogP contribution in [0, 0.1) is 0 Å². The van der Waals surface area contributed by atoms with Crippen molar-refractivity contribution in [3.05, 3.63) is 18.2 Å². The fourth-order valence-electron chi connectivity index (χ4n) is 2.39. The lowest BCUT2D eigenvalue weighted by Crippen LogP contribution is -2.44. The number of ether oxygens (including phenoxy) is 1. The van der Waals surface area contributed by atoms with Crippen LogP contribution in [0.25, 0.3) is 0 Å². The number of rotatable bonds is 5. The first-order valence-corrected chi connectivity index (χ1v) is 6.50. The lowest BCUT2D eigenvalue weighted by molar-refractivity contribution is 0.269. The van der Waals surface area contributed by atoms with Gasteiger partial charge >= 0.3 is 0 Å². The van der Waals surface area contributed by atoms with Crippen molar-refractivity contribution in [3.8, 4) is 5.75 Å². The summed E-state index contributed by atoms with van der Waals surface area (Å²) in [6.07, 6.45) is 4.93. The van der Waals surface area contributed by atoms with Gasteiger partial charge in [0.1, 0.15) is 5.75 Å². The van der Waals surface area contributed by atoms with E-state index in [4.69, 9.17) is 10.5 Å². The molecular formula is C14H22N2O. The van der Waals surface area contributed by atoms with Crippen LogP contribution in [0.1, 0.15) is 39.5 Å². The van der Waals surface area contributed by atoms with Gasteiger partial charge in [0.15, 0.2) is 0 Å². The van der Waals surface area contributed by atoms with Gasteiger partial charge in [-0.05, 0) is 44.7 Å². The Bertz CT molecular complexity index is 380. The zero-order valence-electron chi connectivity index (χ0n) is 10.8. The van der Waals surface area contributed by atoms with Crippen LogP contribution in [0.3, 0.4) is 0 Å². The van der Waals surface area contributed by atoms with Crippen LogP contribution in [0.4, 0.5) is 11.4 Å². The number of hydrogen-bond donors (Lipinski definition) is 2. The average molecular weight is 234 g/mol. The van der Waals surface area contributed by atoms with E-state index in [1.807, 2.05) is 25.1 Å². The minimum Gasteiger partial charge on any atom is -0.492 e. The lowest BCUT2D eigenvalue weighted by atomic mass is 9.74. The van der Waals surface area contributed by atoms with E-state index in [-0.39, 0.29) is 5.54 Å². The van der Waals surface area contributed by atoms with Gasteiger partial charge in [-0.1, -0.05) is 13.0 Å². The van der Waals surface area contributed by atoms with Crippen molar-refractivity contribution in [1.82, 2.24) is 0 Å². The Labute approximate surface area is 103 Å². The molecule has 0 aliphatic heterocycles. The third kappa shape index (κ3) is 2.33. The van der Waals surface area contributed by atoms with Gasteiger partial charge in [0.25, 0.3) is 0 Å². The van der Waals surface area contributed by atoms with Crippen LogP contribution in [0.15, 0.2) is 18.2 Å². The number of nitrogen functional groups attached to an aromatic ring is 1. The van der Waals surface area contributed by atoms with Crippen molar-refractivity contribution in [1.29, 1.82) is 0 Å². The summed E-state index contributed by atoms with van der Waals surface area (Å²) in [5, 5.41) is 3.60. The Morgan fingerprint density at radius 2 is 2.12 bits per heavy atom. The molecule has 1 saturated carbocycles. The van der Waals surface area contributed by atoms with Crippen LogP contribution >= 0.6 is 0 Å². The van der Waals surface area contributed by atoms with E-state index in [0.717, 1.165) is 23.5 Å². The molecule has 1 aromatic rings. The zero-order chi connectivity index (χ0) is 12.3. The predicted molar refractivity (Wildman–Crippen MR) is 72.5 cm³/mol. The number of nitrogens with two attached hydrogens (primary N) is 1. The van der Waals surface area contributed by atoms with Gasteiger partial charge in [0.05, 0.1) is 18.0 Å². The SMILES string of the molecule is CCOc1cccc(NC2(CC)CCC2)c1N. The predicted octanol–water partition coefficient (Wildman–Crippen LogP) is 3.41. The average Bonchev–Trinajstić information content (AvgIpc) is 2.28. The van der Waals surface area contributed by atoms with Crippen molar-refractivity contribution in [2.75, 3.05) is 17.7 Å². The third-order valence-electron chi connectivity index (χ3n) is 3.75. The molecule has 0 unspecified atom stereocenters. The van der Waals surface area contributed by atoms with Gasteiger partial charge in [-0.2, -0.15) is 0 Å². The Kier molecular flexibility index (Phi) is 3.46. The summed E-state index contributed by atoms with van der Waals surface area (Å²) >= 11 is 0. The molecule has 3 nitrogen and oxygen atoms in total. The third-order valence-corrected chi connectivity index (χ3v) is 3.75. The Hall–Kier alpha value is -1.38. The molecule has 0 bridgehead atoms. The summed E-state index contributed by atoms with van der Waals surface area (Å²) in [5.74, 6) is 0.781. The number of para-hydroxylation sites is 1. The topological polar surface area (TPSA) is 47.3 Å². The number of hydrogen-bond acceptors (Lipinski definition) is 3. The zero-order valence-corrected chi connectivity index (χ0v) is 10.8. The lowest BCUT2D eigenvalue weighted by Gasteiger charge is -2.43. The quantitative estimate of drug-likeness (QED) is 0.767. The van der Waals surface area contributed by atoms with Crippen molar-refractivity contribution >= 4 is 11.4 Å². The summed E-state index contributed by atoms with van der Waals surface area (Å²) in [7, 11) is 0. The molecule has 3 N–H and O–H groups in total. The van der Waals surface area contributed by atoms with Gasteiger partial charge < -0.3 is 15.8 Å². The maximum absolute atomic E-state index is 6.12. The molecule has 1 aliphatic carbocycles. The van der Waals surface area contributed by atoms with E-state index in [9.17, 15) is 0 Å². The summed E-state index contributed by atoms with van der Waals surface area (Å²) in [6, 6.07) is 5.95. The van der Waals surface area contributed by atoms with E-state index in [1.165, 1.54) is 19.3 Å². The fourth-order valence-corrected chi connectivity index (χ4v) is 2.39. The van der Waals surface area contributed by atoms with Crippen molar-refractivity contribution < 1.29 is 4.74 Å². The Morgan fingerprint density at radius 3 is 2.65 bits per heavy atom. The molecule has 17 heavy (non-hydrogen) atoms. The molecule has 2 rings (SSSR count). The highest BCUT2D eigenvalue weighted by atomic mass is 16.5. The largest absolute Gasteiger partial charge is 0.492 e. The van der Waals surface area contributed by atoms with Crippen LogP contribution in [0.5, 0.6) is 5.75 Å². The Balaban J connectivity index is 2.18. The molecule has 1 fully saturated rings. The summed E-state index contributed by atoms with van der Waals surface area (Å²) < 4.78 is 5.51. The minimum atomic E-state index is 0.263. The van der Waals surface area contributed by atoms with Gasteiger partial charge in [0, 0.05) is 5.54 Å². The van der Waals surface area contributed by atoms with Crippen LogP contribution in [-0.4, -0.2) is 12.1 Å². The molecular weight excluding hydrogens is 212 g/mol. The second kappa shape index (κ2) is 4.86.